The first-order chi connectivity index (χ1) is 9.22. The lowest BCUT2D eigenvalue weighted by molar-refractivity contribution is 0.156. The van der Waals surface area contributed by atoms with Crippen LogP contribution < -0.4 is 5.32 Å². The molecule has 1 aromatic carbocycles. The lowest BCUT2D eigenvalue weighted by Crippen LogP contribution is -2.37. The van der Waals surface area contributed by atoms with Gasteiger partial charge in [-0.2, -0.15) is 5.10 Å². The molecule has 1 aliphatic carbocycles. The molecule has 0 aliphatic heterocycles. The average molecular weight is 257 g/mol. The Morgan fingerprint density at radius 1 is 1.32 bits per heavy atom. The third kappa shape index (κ3) is 2.39. The van der Waals surface area contributed by atoms with Crippen molar-refractivity contribution >= 4 is 10.9 Å². The van der Waals surface area contributed by atoms with Crippen LogP contribution in [0.5, 0.6) is 0 Å². The van der Waals surface area contributed by atoms with Crippen LogP contribution >= 0.6 is 0 Å². The van der Waals surface area contributed by atoms with E-state index < -0.39 is 0 Å². The molecule has 0 radical (unpaired) electrons. The van der Waals surface area contributed by atoms with Crippen LogP contribution in [0.1, 0.15) is 38.8 Å². The minimum Gasteiger partial charge on any atom is -0.311 e. The molecular formula is C16H23N3. The second-order valence-corrected chi connectivity index (χ2v) is 6.05. The highest BCUT2D eigenvalue weighted by Gasteiger charge is 2.31. The summed E-state index contributed by atoms with van der Waals surface area (Å²) in [6.45, 7) is 7.44. The Labute approximate surface area is 115 Å². The number of fused-ring (bicyclic) bond motifs is 1. The quantitative estimate of drug-likeness (QED) is 0.890. The van der Waals surface area contributed by atoms with Gasteiger partial charge in [-0.25, -0.2) is 0 Å². The van der Waals surface area contributed by atoms with Gasteiger partial charge < -0.3 is 5.32 Å². The number of hydrogen-bond donors (Lipinski definition) is 1. The molecule has 1 saturated carbocycles. The maximum atomic E-state index is 4.73. The number of aromatic nitrogens is 2. The van der Waals surface area contributed by atoms with E-state index in [0.29, 0.717) is 5.41 Å². The van der Waals surface area contributed by atoms with Gasteiger partial charge in [-0.05, 0) is 31.2 Å². The van der Waals surface area contributed by atoms with Crippen molar-refractivity contribution in [3.05, 3.63) is 30.0 Å². The van der Waals surface area contributed by atoms with Gasteiger partial charge in [0.2, 0.25) is 0 Å². The molecule has 0 saturated heterocycles. The first-order valence-electron chi connectivity index (χ1n) is 7.37. The zero-order valence-electron chi connectivity index (χ0n) is 11.9. The molecule has 3 rings (SSSR count). The van der Waals surface area contributed by atoms with Crippen molar-refractivity contribution in [2.24, 2.45) is 5.41 Å². The van der Waals surface area contributed by atoms with Crippen molar-refractivity contribution in [2.45, 2.75) is 46.2 Å². The average Bonchev–Trinajstić information content (AvgIpc) is 2.75. The fourth-order valence-electron chi connectivity index (χ4n) is 3.01. The molecule has 3 nitrogen and oxygen atoms in total. The first kappa shape index (κ1) is 12.7. The third-order valence-electron chi connectivity index (χ3n) is 4.44. The number of benzene rings is 1. The molecule has 1 aliphatic rings. The Morgan fingerprint density at radius 2 is 2.11 bits per heavy atom. The van der Waals surface area contributed by atoms with Gasteiger partial charge in [0.15, 0.2) is 0 Å². The predicted molar refractivity (Wildman–Crippen MR) is 79.1 cm³/mol. The van der Waals surface area contributed by atoms with Gasteiger partial charge in [-0.15, -0.1) is 0 Å². The third-order valence-corrected chi connectivity index (χ3v) is 4.44. The van der Waals surface area contributed by atoms with E-state index in [1.807, 2.05) is 0 Å². The Hall–Kier alpha value is -1.35. The molecule has 0 spiro atoms. The van der Waals surface area contributed by atoms with Crippen LogP contribution in [0.15, 0.2) is 24.3 Å². The fraction of sp³-hybridized carbons (Fsp3) is 0.562. The van der Waals surface area contributed by atoms with Crippen LogP contribution in [0.25, 0.3) is 10.9 Å². The topological polar surface area (TPSA) is 29.9 Å². The molecule has 1 fully saturated rings. The molecule has 19 heavy (non-hydrogen) atoms. The van der Waals surface area contributed by atoms with Gasteiger partial charge in [0.05, 0.1) is 11.2 Å². The van der Waals surface area contributed by atoms with Crippen LogP contribution in [-0.2, 0) is 13.1 Å². The Balaban J connectivity index is 1.73. The lowest BCUT2D eigenvalue weighted by atomic mass is 9.70. The van der Waals surface area contributed by atoms with E-state index >= 15 is 0 Å². The van der Waals surface area contributed by atoms with Crippen LogP contribution in [-0.4, -0.2) is 16.3 Å². The predicted octanol–water partition coefficient (Wildman–Crippen LogP) is 3.34. The highest BCUT2D eigenvalue weighted by atomic mass is 15.3. The van der Waals surface area contributed by atoms with Gasteiger partial charge in [0.25, 0.3) is 0 Å². The molecule has 2 aromatic rings. The number of nitrogens with one attached hydrogen (secondary N) is 1. The molecule has 102 valence electrons. The standard InChI is InChI=1S/C16H23N3/c1-3-19-15-8-5-4-7-13(15)14(18-19)11-17-12-16(2)9-6-10-16/h4-5,7-8,17H,3,6,9-12H2,1-2H3. The second kappa shape index (κ2) is 4.97. The molecule has 0 unspecified atom stereocenters. The number of rotatable bonds is 5. The van der Waals surface area contributed by atoms with Crippen LogP contribution in [0.2, 0.25) is 0 Å². The summed E-state index contributed by atoms with van der Waals surface area (Å²) in [5.74, 6) is 0. The molecule has 1 aromatic heterocycles. The largest absolute Gasteiger partial charge is 0.311 e. The van der Waals surface area contributed by atoms with E-state index in [4.69, 9.17) is 5.10 Å². The summed E-state index contributed by atoms with van der Waals surface area (Å²) in [5, 5.41) is 9.61. The van der Waals surface area contributed by atoms with Crippen LogP contribution in [0.4, 0.5) is 0 Å². The molecule has 1 heterocycles. The summed E-state index contributed by atoms with van der Waals surface area (Å²) in [6, 6.07) is 8.52. The van der Waals surface area contributed by atoms with E-state index in [2.05, 4.69) is 48.1 Å². The summed E-state index contributed by atoms with van der Waals surface area (Å²) in [7, 11) is 0. The summed E-state index contributed by atoms with van der Waals surface area (Å²) >= 11 is 0. The highest BCUT2D eigenvalue weighted by molar-refractivity contribution is 5.81. The van der Waals surface area contributed by atoms with Crippen LogP contribution in [0, 0.1) is 5.41 Å². The van der Waals surface area contributed by atoms with E-state index in [-0.39, 0.29) is 0 Å². The molecule has 1 N–H and O–H groups in total. The van der Waals surface area contributed by atoms with Crippen molar-refractivity contribution < 1.29 is 0 Å². The minimum absolute atomic E-state index is 0.531. The molecule has 0 amide bonds. The smallest absolute Gasteiger partial charge is 0.0841 e. The van der Waals surface area contributed by atoms with E-state index in [9.17, 15) is 0 Å². The Bertz CT molecular complexity index is 566. The lowest BCUT2D eigenvalue weighted by Gasteiger charge is -2.38. The van der Waals surface area contributed by atoms with Gasteiger partial charge in [0, 0.05) is 25.0 Å². The van der Waals surface area contributed by atoms with Gasteiger partial charge in [0.1, 0.15) is 0 Å². The first-order valence-corrected chi connectivity index (χ1v) is 7.37. The molecule has 0 atom stereocenters. The minimum atomic E-state index is 0.531. The van der Waals surface area contributed by atoms with Gasteiger partial charge in [-0.1, -0.05) is 31.5 Å². The van der Waals surface area contributed by atoms with Crippen molar-refractivity contribution in [3.8, 4) is 0 Å². The maximum Gasteiger partial charge on any atom is 0.0841 e. The van der Waals surface area contributed by atoms with E-state index in [1.54, 1.807) is 0 Å². The highest BCUT2D eigenvalue weighted by Crippen LogP contribution is 2.39. The zero-order chi connectivity index (χ0) is 13.3. The van der Waals surface area contributed by atoms with Crippen molar-refractivity contribution in [1.29, 1.82) is 0 Å². The van der Waals surface area contributed by atoms with Gasteiger partial charge >= 0.3 is 0 Å². The molecular weight excluding hydrogens is 234 g/mol. The van der Waals surface area contributed by atoms with Crippen molar-refractivity contribution in [3.63, 3.8) is 0 Å². The Kier molecular flexibility index (Phi) is 3.31. The summed E-state index contributed by atoms with van der Waals surface area (Å²) in [4.78, 5) is 0. The van der Waals surface area contributed by atoms with Gasteiger partial charge in [-0.3, -0.25) is 4.68 Å². The maximum absolute atomic E-state index is 4.73. The molecule has 0 bridgehead atoms. The zero-order valence-corrected chi connectivity index (χ0v) is 11.9. The number of para-hydroxylation sites is 1. The number of aryl methyl sites for hydroxylation is 1. The number of nitrogens with zero attached hydrogens (tertiary/aromatic N) is 2. The summed E-state index contributed by atoms with van der Waals surface area (Å²) < 4.78 is 2.09. The molecule has 3 heteroatoms. The van der Waals surface area contributed by atoms with Crippen molar-refractivity contribution in [1.82, 2.24) is 15.1 Å². The SMILES string of the molecule is CCn1nc(CNCC2(C)CCC2)c2ccccc21. The fourth-order valence-corrected chi connectivity index (χ4v) is 3.01. The van der Waals surface area contributed by atoms with E-state index in [0.717, 1.165) is 19.6 Å². The van der Waals surface area contributed by atoms with E-state index in [1.165, 1.54) is 35.9 Å². The van der Waals surface area contributed by atoms with Crippen molar-refractivity contribution in [2.75, 3.05) is 6.54 Å². The summed E-state index contributed by atoms with van der Waals surface area (Å²) in [5.41, 5.74) is 2.96. The second-order valence-electron chi connectivity index (χ2n) is 6.05. The monoisotopic (exact) mass is 257 g/mol. The summed E-state index contributed by atoms with van der Waals surface area (Å²) in [6.07, 6.45) is 4.12. The Morgan fingerprint density at radius 3 is 2.79 bits per heavy atom. The van der Waals surface area contributed by atoms with Crippen LogP contribution in [0.3, 0.4) is 0 Å². The number of hydrogen-bond acceptors (Lipinski definition) is 2. The normalized spacial score (nSPS) is 17.6.